The first-order valence-electron chi connectivity index (χ1n) is 9.21. The predicted octanol–water partition coefficient (Wildman–Crippen LogP) is 3.93. The Morgan fingerprint density at radius 1 is 1.32 bits per heavy atom. The van der Waals surface area contributed by atoms with Crippen molar-refractivity contribution in [2.45, 2.75) is 36.7 Å². The van der Waals surface area contributed by atoms with E-state index in [1.165, 1.54) is 11.8 Å². The molecule has 0 amide bonds. The summed E-state index contributed by atoms with van der Waals surface area (Å²) in [7, 11) is 0. The van der Waals surface area contributed by atoms with Gasteiger partial charge in [-0.2, -0.15) is 16.9 Å². The number of oxazole rings is 1. The molecule has 1 N–H and O–H groups in total. The van der Waals surface area contributed by atoms with Gasteiger partial charge in [-0.15, -0.1) is 0 Å². The molecule has 1 aliphatic heterocycles. The highest BCUT2D eigenvalue weighted by atomic mass is 32.2. The molecule has 9 heteroatoms. The fraction of sp³-hybridized carbons (Fsp3) is 0.368. The molecule has 1 aliphatic rings. The number of aromatic nitrogens is 5. The van der Waals surface area contributed by atoms with Gasteiger partial charge in [0.1, 0.15) is 10.9 Å². The fourth-order valence-corrected chi connectivity index (χ4v) is 5.23. The van der Waals surface area contributed by atoms with Crippen molar-refractivity contribution < 1.29 is 4.42 Å². The minimum atomic E-state index is -0.155. The van der Waals surface area contributed by atoms with Crippen LogP contribution < -0.4 is 5.56 Å². The second kappa shape index (κ2) is 7.29. The van der Waals surface area contributed by atoms with Crippen LogP contribution in [-0.4, -0.2) is 36.2 Å². The second-order valence-electron chi connectivity index (χ2n) is 6.91. The molecule has 7 nitrogen and oxygen atoms in total. The first-order valence-corrected chi connectivity index (χ1v) is 11.4. The second-order valence-corrected chi connectivity index (χ2v) is 9.10. The van der Waals surface area contributed by atoms with Crippen molar-refractivity contribution in [2.75, 3.05) is 11.5 Å². The van der Waals surface area contributed by atoms with Gasteiger partial charge in [0.2, 0.25) is 5.89 Å². The summed E-state index contributed by atoms with van der Waals surface area (Å²) in [5.41, 5.74) is 3.26. The third kappa shape index (κ3) is 3.33. The summed E-state index contributed by atoms with van der Waals surface area (Å²) in [5.74, 6) is 3.35. The average Bonchev–Trinajstić information content (AvgIpc) is 3.30. The number of hydrogen-bond acceptors (Lipinski definition) is 7. The van der Waals surface area contributed by atoms with Crippen LogP contribution in [0.4, 0.5) is 0 Å². The smallest absolute Gasteiger partial charge is 0.262 e. The minimum Gasteiger partial charge on any atom is -0.440 e. The van der Waals surface area contributed by atoms with Crippen LogP contribution in [0.5, 0.6) is 0 Å². The van der Waals surface area contributed by atoms with Gasteiger partial charge in [0, 0.05) is 0 Å². The van der Waals surface area contributed by atoms with Crippen LogP contribution in [0.2, 0.25) is 0 Å². The molecule has 5 rings (SSSR count). The molecule has 144 valence electrons. The summed E-state index contributed by atoms with van der Waals surface area (Å²) in [6.07, 6.45) is 3.74. The SMILES string of the molecule is Cc1ccc2nc(CSc3nc4c(cnn4C4CCSCC4)c(=O)[nH]3)oc2c1. The normalized spacial score (nSPS) is 15.6. The van der Waals surface area contributed by atoms with Gasteiger partial charge in [0.15, 0.2) is 16.4 Å². The first-order chi connectivity index (χ1) is 13.7. The van der Waals surface area contributed by atoms with Crippen molar-refractivity contribution in [3.8, 4) is 0 Å². The third-order valence-electron chi connectivity index (χ3n) is 4.90. The summed E-state index contributed by atoms with van der Waals surface area (Å²) >= 11 is 3.38. The van der Waals surface area contributed by atoms with Crippen LogP contribution in [0.15, 0.2) is 38.8 Å². The molecular weight excluding hydrogens is 394 g/mol. The number of aromatic amines is 1. The summed E-state index contributed by atoms with van der Waals surface area (Å²) in [5, 5.41) is 5.56. The average molecular weight is 414 g/mol. The Hall–Kier alpha value is -2.26. The molecular formula is C19H19N5O2S2. The number of hydrogen-bond donors (Lipinski definition) is 1. The fourth-order valence-electron chi connectivity index (χ4n) is 3.45. The Balaban J connectivity index is 1.42. The standard InChI is InChI=1S/C19H19N5O2S2/c1-11-2-3-14-15(8-11)26-16(21-14)10-28-19-22-17-13(18(25)23-19)9-20-24(17)12-4-6-27-7-5-12/h2-3,8-9,12H,4-7,10H2,1H3,(H,22,23,25). The summed E-state index contributed by atoms with van der Waals surface area (Å²) < 4.78 is 7.75. The van der Waals surface area contributed by atoms with Crippen LogP contribution in [0.1, 0.15) is 30.3 Å². The quantitative estimate of drug-likeness (QED) is 0.400. The highest BCUT2D eigenvalue weighted by Crippen LogP contribution is 2.29. The largest absolute Gasteiger partial charge is 0.440 e. The number of aryl methyl sites for hydroxylation is 1. The van der Waals surface area contributed by atoms with Crippen molar-refractivity contribution >= 4 is 45.7 Å². The van der Waals surface area contributed by atoms with E-state index >= 15 is 0 Å². The molecule has 1 aromatic carbocycles. The van der Waals surface area contributed by atoms with Gasteiger partial charge < -0.3 is 9.40 Å². The molecule has 0 atom stereocenters. The number of fused-ring (bicyclic) bond motifs is 2. The number of thioether (sulfide) groups is 2. The highest BCUT2D eigenvalue weighted by molar-refractivity contribution is 7.99. The zero-order chi connectivity index (χ0) is 19.1. The van der Waals surface area contributed by atoms with E-state index in [4.69, 9.17) is 4.42 Å². The maximum atomic E-state index is 12.5. The van der Waals surface area contributed by atoms with E-state index in [1.807, 2.05) is 41.6 Å². The monoisotopic (exact) mass is 413 g/mol. The van der Waals surface area contributed by atoms with E-state index in [0.29, 0.717) is 33.9 Å². The molecule has 1 fully saturated rings. The predicted molar refractivity (Wildman–Crippen MR) is 112 cm³/mol. The summed E-state index contributed by atoms with van der Waals surface area (Å²) in [4.78, 5) is 24.5. The first kappa shape index (κ1) is 17.8. The molecule has 0 saturated carbocycles. The third-order valence-corrected chi connectivity index (χ3v) is 6.81. The van der Waals surface area contributed by atoms with Crippen LogP contribution in [0.25, 0.3) is 22.1 Å². The van der Waals surface area contributed by atoms with Gasteiger partial charge in [-0.3, -0.25) is 4.79 Å². The molecule has 28 heavy (non-hydrogen) atoms. The number of benzene rings is 1. The Labute approximate surface area is 169 Å². The van der Waals surface area contributed by atoms with E-state index in [2.05, 4.69) is 20.1 Å². The van der Waals surface area contributed by atoms with Crippen LogP contribution in [-0.2, 0) is 5.75 Å². The van der Waals surface area contributed by atoms with Gasteiger partial charge in [-0.05, 0) is 49.0 Å². The molecule has 1 saturated heterocycles. The van der Waals surface area contributed by atoms with E-state index in [9.17, 15) is 4.79 Å². The number of nitrogens with zero attached hydrogens (tertiary/aromatic N) is 4. The van der Waals surface area contributed by atoms with Crippen molar-refractivity contribution in [1.82, 2.24) is 24.7 Å². The molecule has 0 radical (unpaired) electrons. The Morgan fingerprint density at radius 2 is 2.18 bits per heavy atom. The zero-order valence-electron chi connectivity index (χ0n) is 15.3. The summed E-state index contributed by atoms with van der Waals surface area (Å²) in [6, 6.07) is 6.25. The maximum absolute atomic E-state index is 12.5. The molecule has 4 heterocycles. The minimum absolute atomic E-state index is 0.155. The molecule has 0 bridgehead atoms. The lowest BCUT2D eigenvalue weighted by Crippen LogP contribution is -2.18. The summed E-state index contributed by atoms with van der Waals surface area (Å²) in [6.45, 7) is 2.02. The maximum Gasteiger partial charge on any atom is 0.262 e. The van der Waals surface area contributed by atoms with Gasteiger partial charge in [0.25, 0.3) is 5.56 Å². The van der Waals surface area contributed by atoms with Gasteiger partial charge in [0.05, 0.1) is 18.0 Å². The zero-order valence-corrected chi connectivity index (χ0v) is 17.0. The van der Waals surface area contributed by atoms with Gasteiger partial charge >= 0.3 is 0 Å². The molecule has 0 spiro atoms. The van der Waals surface area contributed by atoms with E-state index in [1.54, 1.807) is 6.20 Å². The topological polar surface area (TPSA) is 89.6 Å². The number of rotatable bonds is 4. The lowest BCUT2D eigenvalue weighted by molar-refractivity contribution is 0.436. The highest BCUT2D eigenvalue weighted by Gasteiger charge is 2.20. The van der Waals surface area contributed by atoms with Crippen LogP contribution in [0, 0.1) is 6.92 Å². The number of nitrogens with one attached hydrogen (secondary N) is 1. The lowest BCUT2D eigenvalue weighted by Gasteiger charge is -2.22. The Kier molecular flexibility index (Phi) is 4.64. The Morgan fingerprint density at radius 3 is 3.04 bits per heavy atom. The lowest BCUT2D eigenvalue weighted by atomic mass is 10.1. The molecule has 4 aromatic rings. The molecule has 3 aromatic heterocycles. The molecule has 0 aliphatic carbocycles. The van der Waals surface area contributed by atoms with Crippen molar-refractivity contribution in [3.63, 3.8) is 0 Å². The van der Waals surface area contributed by atoms with Crippen molar-refractivity contribution in [3.05, 3.63) is 46.2 Å². The van der Waals surface area contributed by atoms with Gasteiger partial charge in [-0.25, -0.2) is 14.6 Å². The molecule has 0 unspecified atom stereocenters. The van der Waals surface area contributed by atoms with E-state index in [0.717, 1.165) is 41.0 Å². The van der Waals surface area contributed by atoms with Crippen LogP contribution in [0.3, 0.4) is 0 Å². The van der Waals surface area contributed by atoms with Crippen molar-refractivity contribution in [1.29, 1.82) is 0 Å². The van der Waals surface area contributed by atoms with E-state index < -0.39 is 0 Å². The Bertz CT molecular complexity index is 1210. The van der Waals surface area contributed by atoms with E-state index in [-0.39, 0.29) is 5.56 Å². The van der Waals surface area contributed by atoms with Crippen molar-refractivity contribution in [2.24, 2.45) is 0 Å². The van der Waals surface area contributed by atoms with Gasteiger partial charge in [-0.1, -0.05) is 17.8 Å². The van der Waals surface area contributed by atoms with Crippen LogP contribution >= 0.6 is 23.5 Å². The number of H-pyrrole nitrogens is 1.